The van der Waals surface area contributed by atoms with Crippen LogP contribution in [0.4, 0.5) is 0 Å². The van der Waals surface area contributed by atoms with Gasteiger partial charge in [-0.1, -0.05) is 0 Å². The molecule has 0 saturated heterocycles. The molecule has 0 aliphatic heterocycles. The number of rotatable bonds is 3. The molecule has 2 aromatic rings. The third-order valence-corrected chi connectivity index (χ3v) is 1.82. The molecule has 2 heterocycles. The van der Waals surface area contributed by atoms with Gasteiger partial charge in [0.25, 0.3) is 0 Å². The van der Waals surface area contributed by atoms with Crippen molar-refractivity contribution in [2.24, 2.45) is 0 Å². The van der Waals surface area contributed by atoms with Crippen LogP contribution in [0.25, 0.3) is 0 Å². The maximum Gasteiger partial charge on any atom is 0.0614 e. The first-order valence-electron chi connectivity index (χ1n) is 4.29. The number of aromatic nitrogens is 4. The van der Waals surface area contributed by atoms with Crippen LogP contribution in [0.5, 0.6) is 0 Å². The second kappa shape index (κ2) is 3.41. The van der Waals surface area contributed by atoms with Gasteiger partial charge in [-0.2, -0.15) is 19.8 Å². The van der Waals surface area contributed by atoms with E-state index in [1.165, 1.54) is 4.79 Å². The van der Waals surface area contributed by atoms with Gasteiger partial charge in [0, 0.05) is 11.8 Å². The molecule has 2 rings (SSSR count). The van der Waals surface area contributed by atoms with Crippen molar-refractivity contribution in [2.75, 3.05) is 11.3 Å². The van der Waals surface area contributed by atoms with Gasteiger partial charge in [-0.05, 0) is 13.0 Å². The number of hydrogen-bond donors (Lipinski definition) is 2. The molecule has 0 radical (unpaired) electrons. The summed E-state index contributed by atoms with van der Waals surface area (Å²) in [6.07, 6.45) is 5.33. The molecular formula is C8H12N6. The fourth-order valence-corrected chi connectivity index (χ4v) is 1.14. The second-order valence-electron chi connectivity index (χ2n) is 3.07. The van der Waals surface area contributed by atoms with Crippen LogP contribution in [0.15, 0.2) is 24.7 Å². The highest BCUT2D eigenvalue weighted by molar-refractivity contribution is 5.06. The first kappa shape index (κ1) is 8.61. The number of nitrogens with two attached hydrogens (primary N) is 1. The molecule has 74 valence electrons. The summed E-state index contributed by atoms with van der Waals surface area (Å²) in [4.78, 5) is 2.95. The third kappa shape index (κ3) is 1.85. The maximum absolute atomic E-state index is 5.41. The zero-order valence-corrected chi connectivity index (χ0v) is 7.88. The van der Waals surface area contributed by atoms with Gasteiger partial charge in [0.2, 0.25) is 0 Å². The van der Waals surface area contributed by atoms with Gasteiger partial charge in [-0.3, -0.25) is 0 Å². The average molecular weight is 192 g/mol. The van der Waals surface area contributed by atoms with Crippen molar-refractivity contribution in [3.8, 4) is 0 Å². The van der Waals surface area contributed by atoms with Gasteiger partial charge in [0.15, 0.2) is 0 Å². The van der Waals surface area contributed by atoms with E-state index in [1.54, 1.807) is 17.2 Å². The lowest BCUT2D eigenvalue weighted by atomic mass is 10.4. The van der Waals surface area contributed by atoms with E-state index in [-0.39, 0.29) is 0 Å². The molecule has 0 atom stereocenters. The van der Waals surface area contributed by atoms with Crippen LogP contribution in [0.2, 0.25) is 0 Å². The highest BCUT2D eigenvalue weighted by Crippen LogP contribution is 1.96. The van der Waals surface area contributed by atoms with Gasteiger partial charge >= 0.3 is 0 Å². The van der Waals surface area contributed by atoms with E-state index in [0.29, 0.717) is 6.54 Å². The Balaban J connectivity index is 1.94. The Morgan fingerprint density at radius 2 is 2.43 bits per heavy atom. The van der Waals surface area contributed by atoms with Crippen molar-refractivity contribution in [3.05, 3.63) is 35.9 Å². The molecule has 0 unspecified atom stereocenters. The number of nitrogens with one attached hydrogen (secondary N) is 1. The quantitative estimate of drug-likeness (QED) is 0.663. The summed E-state index contributed by atoms with van der Waals surface area (Å²) in [5.74, 6) is 5.41. The Kier molecular flexibility index (Phi) is 2.10. The van der Waals surface area contributed by atoms with E-state index in [0.717, 1.165) is 11.3 Å². The SMILES string of the molecule is Cc1ccn(NCc2cnn(N)c2)n1. The molecular weight excluding hydrogens is 180 g/mol. The summed E-state index contributed by atoms with van der Waals surface area (Å²) in [5.41, 5.74) is 5.08. The van der Waals surface area contributed by atoms with Crippen LogP contribution in [0, 0.1) is 6.92 Å². The molecule has 0 aliphatic rings. The van der Waals surface area contributed by atoms with Crippen LogP contribution in [0.1, 0.15) is 11.3 Å². The largest absolute Gasteiger partial charge is 0.323 e. The van der Waals surface area contributed by atoms with Crippen LogP contribution in [-0.4, -0.2) is 19.8 Å². The number of hydrogen-bond acceptors (Lipinski definition) is 4. The highest BCUT2D eigenvalue weighted by Gasteiger charge is 1.96. The number of aryl methyl sites for hydroxylation is 1. The Labute approximate surface area is 81.3 Å². The van der Waals surface area contributed by atoms with E-state index < -0.39 is 0 Å². The first-order chi connectivity index (χ1) is 6.74. The van der Waals surface area contributed by atoms with Gasteiger partial charge < -0.3 is 11.3 Å². The van der Waals surface area contributed by atoms with Crippen LogP contribution in [0.3, 0.4) is 0 Å². The molecule has 2 aromatic heterocycles. The number of nitrogens with zero attached hydrogens (tertiary/aromatic N) is 4. The molecule has 6 nitrogen and oxygen atoms in total. The van der Waals surface area contributed by atoms with Crippen molar-refractivity contribution >= 4 is 0 Å². The minimum Gasteiger partial charge on any atom is -0.323 e. The molecule has 0 spiro atoms. The smallest absolute Gasteiger partial charge is 0.0614 e. The van der Waals surface area contributed by atoms with Crippen LogP contribution >= 0.6 is 0 Å². The molecule has 0 bridgehead atoms. The molecule has 0 aromatic carbocycles. The van der Waals surface area contributed by atoms with E-state index in [2.05, 4.69) is 15.6 Å². The Morgan fingerprint density at radius 1 is 1.57 bits per heavy atom. The molecule has 0 saturated carbocycles. The molecule has 3 N–H and O–H groups in total. The number of nitrogen functional groups attached to an aromatic ring is 1. The fourth-order valence-electron chi connectivity index (χ4n) is 1.14. The first-order valence-corrected chi connectivity index (χ1v) is 4.29. The fraction of sp³-hybridized carbons (Fsp3) is 0.250. The topological polar surface area (TPSA) is 73.7 Å². The average Bonchev–Trinajstić information content (AvgIpc) is 2.72. The van der Waals surface area contributed by atoms with Gasteiger partial charge in [-0.15, -0.1) is 0 Å². The minimum atomic E-state index is 0.651. The van der Waals surface area contributed by atoms with E-state index in [4.69, 9.17) is 5.84 Å². The Bertz CT molecular complexity index is 375. The highest BCUT2D eigenvalue weighted by atomic mass is 15.5. The van der Waals surface area contributed by atoms with Gasteiger partial charge in [0.05, 0.1) is 24.6 Å². The minimum absolute atomic E-state index is 0.651. The zero-order valence-electron chi connectivity index (χ0n) is 7.88. The summed E-state index contributed by atoms with van der Waals surface area (Å²) in [7, 11) is 0. The van der Waals surface area contributed by atoms with Crippen molar-refractivity contribution in [1.82, 2.24) is 19.8 Å². The predicted molar refractivity (Wildman–Crippen MR) is 52.4 cm³/mol. The van der Waals surface area contributed by atoms with E-state index >= 15 is 0 Å². The predicted octanol–water partition coefficient (Wildman–Crippen LogP) is -0.154. The summed E-state index contributed by atoms with van der Waals surface area (Å²) >= 11 is 0. The van der Waals surface area contributed by atoms with Crippen LogP contribution < -0.4 is 11.3 Å². The molecule has 0 amide bonds. The van der Waals surface area contributed by atoms with E-state index in [9.17, 15) is 0 Å². The van der Waals surface area contributed by atoms with Crippen molar-refractivity contribution in [3.63, 3.8) is 0 Å². The lowest BCUT2D eigenvalue weighted by Gasteiger charge is -2.02. The summed E-state index contributed by atoms with van der Waals surface area (Å²) in [5, 5.41) is 8.04. The van der Waals surface area contributed by atoms with E-state index in [1.807, 2.05) is 19.2 Å². The van der Waals surface area contributed by atoms with Crippen molar-refractivity contribution in [2.45, 2.75) is 13.5 Å². The van der Waals surface area contributed by atoms with Gasteiger partial charge in [-0.25, -0.2) is 0 Å². The third-order valence-electron chi connectivity index (χ3n) is 1.82. The van der Waals surface area contributed by atoms with Crippen molar-refractivity contribution in [1.29, 1.82) is 0 Å². The van der Waals surface area contributed by atoms with Gasteiger partial charge in [0.1, 0.15) is 0 Å². The molecule has 0 aliphatic carbocycles. The van der Waals surface area contributed by atoms with Crippen LogP contribution in [-0.2, 0) is 6.54 Å². The normalized spacial score (nSPS) is 10.4. The van der Waals surface area contributed by atoms with Crippen molar-refractivity contribution < 1.29 is 0 Å². The lowest BCUT2D eigenvalue weighted by Crippen LogP contribution is -2.14. The molecule has 14 heavy (non-hydrogen) atoms. The summed E-state index contributed by atoms with van der Waals surface area (Å²) in [6.45, 7) is 2.59. The summed E-state index contributed by atoms with van der Waals surface area (Å²) < 4.78 is 0. The zero-order chi connectivity index (χ0) is 9.97. The maximum atomic E-state index is 5.41. The molecule has 6 heteroatoms. The monoisotopic (exact) mass is 192 g/mol. The standard InChI is InChI=1S/C8H12N6/c1-7-2-3-14(12-7)11-5-8-4-10-13(9)6-8/h2-4,6,11H,5,9H2,1H3. The lowest BCUT2D eigenvalue weighted by molar-refractivity contribution is 0.723. The Hall–Kier alpha value is -1.98. The Morgan fingerprint density at radius 3 is 3.00 bits per heavy atom. The second-order valence-corrected chi connectivity index (χ2v) is 3.07. The summed E-state index contributed by atoms with van der Waals surface area (Å²) in [6, 6.07) is 1.93. The molecule has 0 fully saturated rings.